The summed E-state index contributed by atoms with van der Waals surface area (Å²) in [6.45, 7) is 0.00670. The molecule has 9 heteroatoms. The Morgan fingerprint density at radius 1 is 1.11 bits per heavy atom. The van der Waals surface area contributed by atoms with E-state index in [-0.39, 0.29) is 17.8 Å². The number of carbonyl (C=O) groups excluding carboxylic acids is 4. The fraction of sp³-hybridized carbons (Fsp3) is 0.158. The van der Waals surface area contributed by atoms with Gasteiger partial charge < -0.3 is 15.4 Å². The topological polar surface area (TPSA) is 105 Å². The Labute approximate surface area is 165 Å². The van der Waals surface area contributed by atoms with Gasteiger partial charge in [-0.15, -0.1) is 0 Å². The summed E-state index contributed by atoms with van der Waals surface area (Å²) in [5, 5.41) is 5.62. The van der Waals surface area contributed by atoms with Crippen molar-refractivity contribution in [2.45, 2.75) is 0 Å². The van der Waals surface area contributed by atoms with Crippen LogP contribution in [-0.2, 0) is 9.53 Å². The molecule has 0 aromatic heterocycles. The van der Waals surface area contributed by atoms with Gasteiger partial charge in [-0.1, -0.05) is 23.7 Å². The lowest BCUT2D eigenvalue weighted by atomic mass is 10.1. The summed E-state index contributed by atoms with van der Waals surface area (Å²) >= 11 is 5.81. The Hall–Kier alpha value is -3.39. The van der Waals surface area contributed by atoms with Crippen LogP contribution in [0.25, 0.3) is 0 Å². The highest BCUT2D eigenvalue weighted by molar-refractivity contribution is 6.30. The van der Waals surface area contributed by atoms with Crippen LogP contribution >= 0.6 is 11.6 Å². The minimum Gasteiger partial charge on any atom is -0.452 e. The number of hydrogen-bond donors (Lipinski definition) is 2. The first-order chi connectivity index (χ1) is 13.5. The molecule has 1 heterocycles. The number of urea groups is 1. The largest absolute Gasteiger partial charge is 0.452 e. The van der Waals surface area contributed by atoms with Crippen LogP contribution in [0.2, 0.25) is 5.02 Å². The summed E-state index contributed by atoms with van der Waals surface area (Å²) in [6.07, 6.45) is 0. The van der Waals surface area contributed by atoms with Crippen molar-refractivity contribution in [1.29, 1.82) is 0 Å². The van der Waals surface area contributed by atoms with Crippen molar-refractivity contribution in [1.82, 2.24) is 10.2 Å². The van der Waals surface area contributed by atoms with E-state index in [1.165, 1.54) is 6.07 Å². The second-order valence-corrected chi connectivity index (χ2v) is 6.30. The molecule has 0 saturated carbocycles. The van der Waals surface area contributed by atoms with Gasteiger partial charge in [-0.05, 0) is 36.4 Å². The van der Waals surface area contributed by atoms with Gasteiger partial charge >= 0.3 is 12.0 Å². The predicted octanol–water partition coefficient (Wildman–Crippen LogP) is 2.30. The lowest BCUT2D eigenvalue weighted by Crippen LogP contribution is -2.37. The molecule has 2 N–H and O–H groups in total. The average molecular weight is 402 g/mol. The number of imide groups is 1. The minimum atomic E-state index is -0.792. The van der Waals surface area contributed by atoms with Crippen LogP contribution in [0.1, 0.15) is 20.7 Å². The van der Waals surface area contributed by atoms with E-state index in [0.29, 0.717) is 17.1 Å². The highest BCUT2D eigenvalue weighted by Crippen LogP contribution is 2.18. The number of carbonyl (C=O) groups is 4. The molecule has 3 rings (SSSR count). The standard InChI is InChI=1S/C19H16ClN3O5/c20-13-7-5-12(6-8-13)17(25)22-15-4-2-1-3-14(15)18(26)28-11-16(24)23-10-9-21-19(23)27/h1-8H,9-11H2,(H,21,27)(H,22,25). The molecule has 144 valence electrons. The van der Waals surface area contributed by atoms with Crippen molar-refractivity contribution in [3.05, 3.63) is 64.7 Å². The van der Waals surface area contributed by atoms with Gasteiger partial charge in [0.1, 0.15) is 0 Å². The van der Waals surface area contributed by atoms with Crippen LogP contribution in [0, 0.1) is 0 Å². The molecule has 1 aliphatic rings. The molecule has 0 aliphatic carbocycles. The first kappa shape index (κ1) is 19.4. The van der Waals surface area contributed by atoms with Gasteiger partial charge in [-0.25, -0.2) is 9.59 Å². The lowest BCUT2D eigenvalue weighted by Gasteiger charge is -2.13. The van der Waals surface area contributed by atoms with Gasteiger partial charge in [0.05, 0.1) is 11.3 Å². The van der Waals surface area contributed by atoms with Gasteiger partial charge in [-0.2, -0.15) is 0 Å². The van der Waals surface area contributed by atoms with Crippen LogP contribution < -0.4 is 10.6 Å². The predicted molar refractivity (Wildman–Crippen MR) is 101 cm³/mol. The third-order valence-corrected chi connectivity index (χ3v) is 4.24. The number of anilines is 1. The minimum absolute atomic E-state index is 0.0866. The summed E-state index contributed by atoms with van der Waals surface area (Å²) in [4.78, 5) is 49.1. The number of halogens is 1. The van der Waals surface area contributed by atoms with Crippen molar-refractivity contribution in [3.8, 4) is 0 Å². The molecule has 4 amide bonds. The van der Waals surface area contributed by atoms with Crippen molar-refractivity contribution in [3.63, 3.8) is 0 Å². The Morgan fingerprint density at radius 3 is 2.50 bits per heavy atom. The van der Waals surface area contributed by atoms with E-state index in [9.17, 15) is 19.2 Å². The first-order valence-corrected chi connectivity index (χ1v) is 8.75. The number of hydrogen-bond acceptors (Lipinski definition) is 5. The summed E-state index contributed by atoms with van der Waals surface area (Å²) < 4.78 is 5.02. The molecular weight excluding hydrogens is 386 g/mol. The average Bonchev–Trinajstić information content (AvgIpc) is 3.12. The second kappa shape index (κ2) is 8.53. The summed E-state index contributed by atoms with van der Waals surface area (Å²) in [7, 11) is 0. The summed E-state index contributed by atoms with van der Waals surface area (Å²) in [5.41, 5.74) is 0.685. The monoisotopic (exact) mass is 401 g/mol. The number of para-hydroxylation sites is 1. The molecular formula is C19H16ClN3O5. The van der Waals surface area contributed by atoms with Gasteiger partial charge in [0, 0.05) is 23.7 Å². The van der Waals surface area contributed by atoms with Gasteiger partial charge in [0.2, 0.25) is 0 Å². The molecule has 1 saturated heterocycles. The molecule has 1 fully saturated rings. The van der Waals surface area contributed by atoms with Crippen molar-refractivity contribution in [2.75, 3.05) is 25.0 Å². The lowest BCUT2D eigenvalue weighted by molar-refractivity contribution is -0.130. The molecule has 1 aliphatic heterocycles. The number of esters is 1. The Balaban J connectivity index is 1.66. The normalized spacial score (nSPS) is 13.0. The number of ether oxygens (including phenoxy) is 1. The fourth-order valence-corrected chi connectivity index (χ4v) is 2.68. The zero-order chi connectivity index (χ0) is 20.1. The van der Waals surface area contributed by atoms with E-state index >= 15 is 0 Å². The van der Waals surface area contributed by atoms with Crippen molar-refractivity contribution >= 4 is 41.1 Å². The number of rotatable bonds is 5. The molecule has 0 bridgehead atoms. The molecule has 0 unspecified atom stereocenters. The zero-order valence-electron chi connectivity index (χ0n) is 14.6. The van der Waals surface area contributed by atoms with E-state index in [0.717, 1.165) is 4.90 Å². The van der Waals surface area contributed by atoms with Gasteiger partial charge in [0.25, 0.3) is 11.8 Å². The number of nitrogens with zero attached hydrogens (tertiary/aromatic N) is 1. The summed E-state index contributed by atoms with van der Waals surface area (Å²) in [5.74, 6) is -1.84. The molecule has 0 radical (unpaired) electrons. The first-order valence-electron chi connectivity index (χ1n) is 8.37. The molecule has 28 heavy (non-hydrogen) atoms. The Kier molecular flexibility index (Phi) is 5.90. The van der Waals surface area contributed by atoms with E-state index < -0.39 is 30.4 Å². The van der Waals surface area contributed by atoms with Gasteiger partial charge in [0.15, 0.2) is 6.61 Å². The van der Waals surface area contributed by atoms with E-state index in [1.54, 1.807) is 42.5 Å². The smallest absolute Gasteiger partial charge is 0.340 e. The van der Waals surface area contributed by atoms with E-state index in [1.807, 2.05) is 0 Å². The highest BCUT2D eigenvalue weighted by Gasteiger charge is 2.27. The highest BCUT2D eigenvalue weighted by atomic mass is 35.5. The van der Waals surface area contributed by atoms with E-state index in [4.69, 9.17) is 16.3 Å². The SMILES string of the molecule is O=C(Nc1ccccc1C(=O)OCC(=O)N1CCNC1=O)c1ccc(Cl)cc1. The summed E-state index contributed by atoms with van der Waals surface area (Å²) in [6, 6.07) is 12.0. The zero-order valence-corrected chi connectivity index (χ0v) is 15.4. The maximum atomic E-state index is 12.4. The molecule has 0 spiro atoms. The number of nitrogens with one attached hydrogen (secondary N) is 2. The Morgan fingerprint density at radius 2 is 1.82 bits per heavy atom. The Bertz CT molecular complexity index is 929. The third kappa shape index (κ3) is 4.47. The quantitative estimate of drug-likeness (QED) is 0.748. The number of amides is 4. The van der Waals surface area contributed by atoms with Gasteiger partial charge in [-0.3, -0.25) is 14.5 Å². The van der Waals surface area contributed by atoms with Crippen LogP contribution in [0.5, 0.6) is 0 Å². The maximum Gasteiger partial charge on any atom is 0.340 e. The van der Waals surface area contributed by atoms with Crippen LogP contribution in [0.15, 0.2) is 48.5 Å². The number of benzene rings is 2. The fourth-order valence-electron chi connectivity index (χ4n) is 2.56. The van der Waals surface area contributed by atoms with Crippen molar-refractivity contribution < 1.29 is 23.9 Å². The van der Waals surface area contributed by atoms with Crippen LogP contribution in [0.3, 0.4) is 0 Å². The van der Waals surface area contributed by atoms with Crippen LogP contribution in [0.4, 0.5) is 10.5 Å². The van der Waals surface area contributed by atoms with Crippen LogP contribution in [-0.4, -0.2) is 48.4 Å². The molecule has 8 nitrogen and oxygen atoms in total. The third-order valence-electron chi connectivity index (χ3n) is 3.99. The molecule has 2 aromatic carbocycles. The van der Waals surface area contributed by atoms with E-state index in [2.05, 4.69) is 10.6 Å². The van der Waals surface area contributed by atoms with Crippen molar-refractivity contribution in [2.24, 2.45) is 0 Å². The maximum absolute atomic E-state index is 12.4. The molecule has 0 atom stereocenters. The molecule has 2 aromatic rings. The second-order valence-electron chi connectivity index (χ2n) is 5.86.